The highest BCUT2D eigenvalue weighted by Gasteiger charge is 2.24. The average molecular weight is 399 g/mol. The second-order valence-electron chi connectivity index (χ2n) is 7.12. The number of carbonyl (C=O) groups excluding carboxylic acids is 1. The minimum Gasteiger partial charge on any atom is -0.495 e. The van der Waals surface area contributed by atoms with Gasteiger partial charge in [-0.15, -0.1) is 0 Å². The Hall–Kier alpha value is -2.96. The largest absolute Gasteiger partial charge is 0.495 e. The van der Waals surface area contributed by atoms with E-state index in [1.807, 2.05) is 42.2 Å². The molecule has 0 saturated carbocycles. The third-order valence-corrected chi connectivity index (χ3v) is 5.23. The molecular formula is C22H30N4O3. The summed E-state index contributed by atoms with van der Waals surface area (Å²) in [6, 6.07) is 9.82. The maximum Gasteiger partial charge on any atom is 0.322 e. The van der Waals surface area contributed by atoms with Gasteiger partial charge in [0.05, 0.1) is 19.9 Å². The van der Waals surface area contributed by atoms with Gasteiger partial charge in [0, 0.05) is 31.9 Å². The summed E-state index contributed by atoms with van der Waals surface area (Å²) in [6.07, 6.45) is 1.94. The first kappa shape index (κ1) is 20.8. The zero-order chi connectivity index (χ0) is 20.8. The Labute approximate surface area is 172 Å². The van der Waals surface area contributed by atoms with E-state index in [2.05, 4.69) is 22.1 Å². The molecule has 7 heteroatoms. The van der Waals surface area contributed by atoms with Gasteiger partial charge in [-0.3, -0.25) is 0 Å². The summed E-state index contributed by atoms with van der Waals surface area (Å²) in [6.45, 7) is 6.86. The van der Waals surface area contributed by atoms with Crippen LogP contribution in [0.3, 0.4) is 0 Å². The van der Waals surface area contributed by atoms with Crippen molar-refractivity contribution >= 4 is 17.4 Å². The molecule has 1 aliphatic heterocycles. The molecular weight excluding hydrogens is 368 g/mol. The van der Waals surface area contributed by atoms with E-state index in [0.717, 1.165) is 48.6 Å². The number of pyridine rings is 1. The number of urea groups is 1. The molecule has 2 amide bonds. The second-order valence-corrected chi connectivity index (χ2v) is 7.12. The number of aromatic nitrogens is 1. The highest BCUT2D eigenvalue weighted by atomic mass is 16.5. The number of ether oxygens (including phenoxy) is 2. The van der Waals surface area contributed by atoms with Gasteiger partial charge in [-0.05, 0) is 37.1 Å². The third-order valence-electron chi connectivity index (χ3n) is 5.23. The molecule has 0 spiro atoms. The molecule has 0 radical (unpaired) electrons. The van der Waals surface area contributed by atoms with E-state index < -0.39 is 0 Å². The van der Waals surface area contributed by atoms with Crippen LogP contribution in [0.1, 0.15) is 24.6 Å². The quantitative estimate of drug-likeness (QED) is 0.803. The van der Waals surface area contributed by atoms with E-state index in [0.29, 0.717) is 24.7 Å². The van der Waals surface area contributed by atoms with Gasteiger partial charge in [-0.25, -0.2) is 9.78 Å². The number of piperazine rings is 1. The summed E-state index contributed by atoms with van der Waals surface area (Å²) >= 11 is 0. The van der Waals surface area contributed by atoms with Gasteiger partial charge in [-0.1, -0.05) is 25.5 Å². The molecule has 1 aromatic heterocycles. The predicted molar refractivity (Wildman–Crippen MR) is 115 cm³/mol. The van der Waals surface area contributed by atoms with Crippen LogP contribution in [0.5, 0.6) is 11.6 Å². The van der Waals surface area contributed by atoms with Crippen LogP contribution in [0.4, 0.5) is 16.2 Å². The lowest BCUT2D eigenvalue weighted by Crippen LogP contribution is -2.50. The molecule has 1 aromatic carbocycles. The lowest BCUT2D eigenvalue weighted by molar-refractivity contribution is 0.208. The van der Waals surface area contributed by atoms with Crippen molar-refractivity contribution in [2.75, 3.05) is 50.6 Å². The van der Waals surface area contributed by atoms with Crippen molar-refractivity contribution in [1.82, 2.24) is 9.88 Å². The van der Waals surface area contributed by atoms with Crippen LogP contribution in [0.15, 0.2) is 30.3 Å². The van der Waals surface area contributed by atoms with Crippen molar-refractivity contribution in [2.45, 2.75) is 26.7 Å². The third kappa shape index (κ3) is 4.72. The maximum absolute atomic E-state index is 12.8. The number of benzene rings is 1. The van der Waals surface area contributed by atoms with Gasteiger partial charge in [0.1, 0.15) is 11.4 Å². The van der Waals surface area contributed by atoms with Crippen molar-refractivity contribution in [1.29, 1.82) is 0 Å². The fraction of sp³-hybridized carbons (Fsp3) is 0.455. The van der Waals surface area contributed by atoms with E-state index in [9.17, 15) is 4.79 Å². The van der Waals surface area contributed by atoms with Crippen molar-refractivity contribution in [3.63, 3.8) is 0 Å². The summed E-state index contributed by atoms with van der Waals surface area (Å²) in [7, 11) is 3.25. The van der Waals surface area contributed by atoms with Crippen molar-refractivity contribution in [3.8, 4) is 11.6 Å². The smallest absolute Gasteiger partial charge is 0.322 e. The number of rotatable bonds is 6. The molecule has 0 unspecified atom stereocenters. The van der Waals surface area contributed by atoms with Gasteiger partial charge < -0.3 is 24.6 Å². The molecule has 156 valence electrons. The highest BCUT2D eigenvalue weighted by Crippen LogP contribution is 2.29. The minimum absolute atomic E-state index is 0.129. The molecule has 1 aliphatic rings. The lowest BCUT2D eigenvalue weighted by Gasteiger charge is -2.36. The Balaban J connectivity index is 1.66. The predicted octanol–water partition coefficient (Wildman–Crippen LogP) is 3.71. The van der Waals surface area contributed by atoms with Crippen LogP contribution < -0.4 is 19.7 Å². The number of anilines is 2. The lowest BCUT2D eigenvalue weighted by atomic mass is 10.1. The van der Waals surface area contributed by atoms with Gasteiger partial charge >= 0.3 is 6.03 Å². The molecule has 0 aliphatic carbocycles. The average Bonchev–Trinajstić information content (AvgIpc) is 2.76. The number of aryl methyl sites for hydroxylation is 2. The zero-order valence-electron chi connectivity index (χ0n) is 17.7. The highest BCUT2D eigenvalue weighted by molar-refractivity contribution is 5.91. The first-order valence-corrected chi connectivity index (χ1v) is 10.1. The van der Waals surface area contributed by atoms with Crippen molar-refractivity contribution in [2.24, 2.45) is 0 Å². The summed E-state index contributed by atoms with van der Waals surface area (Å²) in [5, 5.41) is 2.99. The van der Waals surface area contributed by atoms with E-state index in [-0.39, 0.29) is 6.03 Å². The number of para-hydroxylation sites is 2. The zero-order valence-corrected chi connectivity index (χ0v) is 17.7. The van der Waals surface area contributed by atoms with Crippen molar-refractivity contribution < 1.29 is 14.3 Å². The number of amides is 2. The fourth-order valence-corrected chi connectivity index (χ4v) is 3.63. The Morgan fingerprint density at radius 2 is 1.86 bits per heavy atom. The molecule has 7 nitrogen and oxygen atoms in total. The number of hydrogen-bond donors (Lipinski definition) is 1. The molecule has 0 atom stereocenters. The van der Waals surface area contributed by atoms with Gasteiger partial charge in [0.25, 0.3) is 0 Å². The van der Waals surface area contributed by atoms with Crippen LogP contribution in [0, 0.1) is 6.92 Å². The van der Waals surface area contributed by atoms with Crippen LogP contribution in [0.2, 0.25) is 0 Å². The van der Waals surface area contributed by atoms with Crippen LogP contribution in [0.25, 0.3) is 0 Å². The summed E-state index contributed by atoms with van der Waals surface area (Å²) < 4.78 is 10.8. The van der Waals surface area contributed by atoms with Gasteiger partial charge in [0.2, 0.25) is 5.88 Å². The number of carbonyl (C=O) groups is 1. The van der Waals surface area contributed by atoms with E-state index >= 15 is 0 Å². The number of methoxy groups -OCH3 is 2. The Bertz CT molecular complexity index is 848. The van der Waals surface area contributed by atoms with E-state index in [4.69, 9.17) is 9.47 Å². The SMILES string of the molecule is CCCc1cc(NC(=O)N2CCN(c3ccccc3OC)CC2)c(OC)nc1C. The van der Waals surface area contributed by atoms with Gasteiger partial charge in [-0.2, -0.15) is 0 Å². The second kappa shape index (κ2) is 9.49. The summed E-state index contributed by atoms with van der Waals surface area (Å²) in [5.74, 6) is 1.30. The minimum atomic E-state index is -0.129. The summed E-state index contributed by atoms with van der Waals surface area (Å²) in [5.41, 5.74) is 3.75. The fourth-order valence-electron chi connectivity index (χ4n) is 3.63. The van der Waals surface area contributed by atoms with Crippen molar-refractivity contribution in [3.05, 3.63) is 41.6 Å². The normalized spacial score (nSPS) is 13.9. The Kier molecular flexibility index (Phi) is 6.80. The monoisotopic (exact) mass is 398 g/mol. The first-order valence-electron chi connectivity index (χ1n) is 10.1. The molecule has 2 heterocycles. The van der Waals surface area contributed by atoms with Crippen LogP contribution >= 0.6 is 0 Å². The molecule has 1 saturated heterocycles. The molecule has 1 fully saturated rings. The Morgan fingerprint density at radius 1 is 1.14 bits per heavy atom. The summed E-state index contributed by atoms with van der Waals surface area (Å²) in [4.78, 5) is 21.4. The van der Waals surface area contributed by atoms with Crippen LogP contribution in [-0.2, 0) is 6.42 Å². The first-order chi connectivity index (χ1) is 14.1. The molecule has 29 heavy (non-hydrogen) atoms. The topological polar surface area (TPSA) is 66.9 Å². The standard InChI is InChI=1S/C22H30N4O3/c1-5-8-17-15-18(21(29-4)23-16(17)2)24-22(27)26-13-11-25(12-14-26)19-9-6-7-10-20(19)28-3/h6-7,9-10,15H,5,8,11-14H2,1-4H3,(H,24,27). The molecule has 3 rings (SSSR count). The van der Waals surface area contributed by atoms with Gasteiger partial charge in [0.15, 0.2) is 0 Å². The molecule has 0 bridgehead atoms. The van der Waals surface area contributed by atoms with E-state index in [1.165, 1.54) is 0 Å². The maximum atomic E-state index is 12.8. The van der Waals surface area contributed by atoms with Crippen LogP contribution in [-0.4, -0.2) is 56.3 Å². The Morgan fingerprint density at radius 3 is 2.52 bits per heavy atom. The number of hydrogen-bond acceptors (Lipinski definition) is 5. The number of nitrogens with one attached hydrogen (secondary N) is 1. The molecule has 2 aromatic rings. The van der Waals surface area contributed by atoms with E-state index in [1.54, 1.807) is 14.2 Å². The number of nitrogens with zero attached hydrogens (tertiary/aromatic N) is 3. The molecule has 1 N–H and O–H groups in total.